The van der Waals surface area contributed by atoms with Gasteiger partial charge in [-0.3, -0.25) is 0 Å². The van der Waals surface area contributed by atoms with E-state index in [0.29, 0.717) is 30.0 Å². The van der Waals surface area contributed by atoms with E-state index in [2.05, 4.69) is 15.1 Å². The van der Waals surface area contributed by atoms with Crippen LogP contribution in [0.4, 0.5) is 13.2 Å². The Balaban J connectivity index is 1.34. The second-order valence-electron chi connectivity index (χ2n) is 6.28. The van der Waals surface area contributed by atoms with Crippen LogP contribution in [0.3, 0.4) is 0 Å². The summed E-state index contributed by atoms with van der Waals surface area (Å²) in [6.45, 7) is 0. The van der Waals surface area contributed by atoms with Gasteiger partial charge in [-0.05, 0) is 35.5 Å². The van der Waals surface area contributed by atoms with Gasteiger partial charge in [0.1, 0.15) is 17.6 Å². The van der Waals surface area contributed by atoms with Crippen LogP contribution in [-0.2, 0) is 0 Å². The number of hydrogen-bond donors (Lipinski definition) is 1. The summed E-state index contributed by atoms with van der Waals surface area (Å²) in [6.07, 6.45) is 1.20. The molecule has 0 atom stereocenters. The molecule has 1 aliphatic carbocycles. The van der Waals surface area contributed by atoms with Gasteiger partial charge in [-0.2, -0.15) is 0 Å². The minimum absolute atomic E-state index is 0.0561. The molecule has 9 heteroatoms. The lowest BCUT2D eigenvalue weighted by molar-refractivity contribution is 0.0928. The molecule has 0 spiro atoms. The summed E-state index contributed by atoms with van der Waals surface area (Å²) in [5, 5.41) is 12.5. The molecule has 1 saturated carbocycles. The molecule has 1 aromatic carbocycles. The van der Waals surface area contributed by atoms with Crippen LogP contribution >= 0.6 is 0 Å². The standard InChI is InChI=1S/C18H14F3N3O3/c19-13-5-9(1-2-12(13)18(20)21)10-3-11(4-10)26-17-8-22-14(7-23-17)15-6-16(25)24-27-15/h1-2,5-8,10-11,18H,3-4H2,(H,24,25)/t10-,11-. The highest BCUT2D eigenvalue weighted by atomic mass is 19.3. The van der Waals surface area contributed by atoms with Crippen LogP contribution in [0.25, 0.3) is 11.5 Å². The van der Waals surface area contributed by atoms with Gasteiger partial charge in [0.15, 0.2) is 5.76 Å². The van der Waals surface area contributed by atoms with E-state index in [4.69, 9.17) is 14.4 Å². The number of hydrogen-bond acceptors (Lipinski definition) is 6. The molecule has 1 fully saturated rings. The van der Waals surface area contributed by atoms with E-state index in [1.165, 1.54) is 30.6 Å². The summed E-state index contributed by atoms with van der Waals surface area (Å²) >= 11 is 0. The minimum atomic E-state index is -2.82. The molecule has 1 aliphatic rings. The Morgan fingerprint density at radius 2 is 1.96 bits per heavy atom. The van der Waals surface area contributed by atoms with E-state index in [-0.39, 0.29) is 23.7 Å². The van der Waals surface area contributed by atoms with Gasteiger partial charge < -0.3 is 14.4 Å². The lowest BCUT2D eigenvalue weighted by atomic mass is 9.77. The van der Waals surface area contributed by atoms with E-state index in [9.17, 15) is 13.2 Å². The molecule has 27 heavy (non-hydrogen) atoms. The summed E-state index contributed by atoms with van der Waals surface area (Å²) in [7, 11) is 0. The zero-order valence-corrected chi connectivity index (χ0v) is 13.8. The van der Waals surface area contributed by atoms with Gasteiger partial charge in [-0.15, -0.1) is 0 Å². The molecule has 140 valence electrons. The Morgan fingerprint density at radius 1 is 1.15 bits per heavy atom. The van der Waals surface area contributed by atoms with Crippen molar-refractivity contribution in [3.8, 4) is 23.2 Å². The molecule has 0 amide bonds. The van der Waals surface area contributed by atoms with Gasteiger partial charge in [0.25, 0.3) is 12.3 Å². The Kier molecular flexibility index (Phi) is 4.43. The fourth-order valence-corrected chi connectivity index (χ4v) is 2.97. The third kappa shape index (κ3) is 3.57. The number of aromatic hydroxyl groups is 1. The summed E-state index contributed by atoms with van der Waals surface area (Å²) in [6, 6.07) is 5.16. The van der Waals surface area contributed by atoms with Gasteiger partial charge in [0, 0.05) is 0 Å². The Labute approximate surface area is 151 Å². The zero-order valence-electron chi connectivity index (χ0n) is 13.8. The van der Waals surface area contributed by atoms with Crippen molar-refractivity contribution in [1.29, 1.82) is 0 Å². The maximum absolute atomic E-state index is 13.7. The molecule has 6 nitrogen and oxygen atoms in total. The third-order valence-electron chi connectivity index (χ3n) is 4.49. The summed E-state index contributed by atoms with van der Waals surface area (Å²) in [4.78, 5) is 8.27. The molecule has 1 N–H and O–H groups in total. The highest BCUT2D eigenvalue weighted by Gasteiger charge is 2.33. The first-order valence-electron chi connectivity index (χ1n) is 8.22. The highest BCUT2D eigenvalue weighted by molar-refractivity contribution is 5.51. The van der Waals surface area contributed by atoms with Crippen LogP contribution in [0, 0.1) is 5.82 Å². The molecule has 4 rings (SSSR count). The number of ether oxygens (including phenoxy) is 1. The highest BCUT2D eigenvalue weighted by Crippen LogP contribution is 2.40. The van der Waals surface area contributed by atoms with Crippen molar-refractivity contribution >= 4 is 0 Å². The molecular weight excluding hydrogens is 363 g/mol. The van der Waals surface area contributed by atoms with Crippen molar-refractivity contribution in [2.75, 3.05) is 0 Å². The number of aromatic nitrogens is 3. The SMILES string of the molecule is Oc1cc(-c2cnc(O[C@H]3C[C@H](c4ccc(C(F)F)c(F)c4)C3)cn2)on1. The number of benzene rings is 1. The lowest BCUT2D eigenvalue weighted by Crippen LogP contribution is -2.32. The third-order valence-corrected chi connectivity index (χ3v) is 4.49. The van der Waals surface area contributed by atoms with Crippen LogP contribution < -0.4 is 4.74 Å². The normalized spacial score (nSPS) is 19.1. The molecule has 0 saturated heterocycles. The Bertz CT molecular complexity index is 941. The van der Waals surface area contributed by atoms with Crippen LogP contribution in [0.5, 0.6) is 11.8 Å². The van der Waals surface area contributed by atoms with Crippen molar-refractivity contribution in [3.05, 3.63) is 53.6 Å². The Hall–Kier alpha value is -3.10. The van der Waals surface area contributed by atoms with Crippen molar-refractivity contribution in [1.82, 2.24) is 15.1 Å². The van der Waals surface area contributed by atoms with Crippen LogP contribution in [0.1, 0.15) is 36.3 Å². The first-order valence-corrected chi connectivity index (χ1v) is 8.22. The van der Waals surface area contributed by atoms with E-state index in [1.807, 2.05) is 0 Å². The maximum atomic E-state index is 13.7. The first-order chi connectivity index (χ1) is 13.0. The molecule has 0 unspecified atom stereocenters. The summed E-state index contributed by atoms with van der Waals surface area (Å²) < 4.78 is 49.5. The van der Waals surface area contributed by atoms with Gasteiger partial charge in [0.2, 0.25) is 5.88 Å². The molecule has 2 heterocycles. The second-order valence-corrected chi connectivity index (χ2v) is 6.28. The number of nitrogens with zero attached hydrogens (tertiary/aromatic N) is 3. The number of rotatable bonds is 5. The molecule has 0 radical (unpaired) electrons. The van der Waals surface area contributed by atoms with Gasteiger partial charge in [0.05, 0.1) is 24.0 Å². The van der Waals surface area contributed by atoms with Crippen molar-refractivity contribution in [2.24, 2.45) is 0 Å². The molecule has 0 bridgehead atoms. The summed E-state index contributed by atoms with van der Waals surface area (Å²) in [5.41, 5.74) is 0.501. The maximum Gasteiger partial charge on any atom is 0.266 e. The smallest absolute Gasteiger partial charge is 0.266 e. The average molecular weight is 377 g/mol. The number of alkyl halides is 2. The summed E-state index contributed by atoms with van der Waals surface area (Å²) in [5.74, 6) is -0.465. The van der Waals surface area contributed by atoms with Gasteiger partial charge in [-0.25, -0.2) is 23.1 Å². The van der Waals surface area contributed by atoms with Crippen molar-refractivity contribution in [3.63, 3.8) is 0 Å². The van der Waals surface area contributed by atoms with E-state index in [1.54, 1.807) is 0 Å². The van der Waals surface area contributed by atoms with Gasteiger partial charge >= 0.3 is 0 Å². The average Bonchev–Trinajstić information content (AvgIpc) is 3.04. The van der Waals surface area contributed by atoms with Gasteiger partial charge in [-0.1, -0.05) is 12.1 Å². The predicted octanol–water partition coefficient (Wildman–Crippen LogP) is 4.24. The Morgan fingerprint density at radius 3 is 2.56 bits per heavy atom. The fraction of sp³-hybridized carbons (Fsp3) is 0.278. The first kappa shape index (κ1) is 17.3. The van der Waals surface area contributed by atoms with Crippen LogP contribution in [0.15, 0.2) is 41.2 Å². The zero-order chi connectivity index (χ0) is 19.0. The molecule has 3 aromatic rings. The topological polar surface area (TPSA) is 81.3 Å². The monoisotopic (exact) mass is 377 g/mol. The largest absolute Gasteiger partial charge is 0.491 e. The lowest BCUT2D eigenvalue weighted by Gasteiger charge is -2.35. The number of halogens is 3. The van der Waals surface area contributed by atoms with Crippen molar-refractivity contribution in [2.45, 2.75) is 31.3 Å². The minimum Gasteiger partial charge on any atom is -0.491 e. The predicted molar refractivity (Wildman–Crippen MR) is 86.9 cm³/mol. The van der Waals surface area contributed by atoms with E-state index >= 15 is 0 Å². The van der Waals surface area contributed by atoms with Crippen LogP contribution in [-0.4, -0.2) is 26.3 Å². The van der Waals surface area contributed by atoms with Crippen molar-refractivity contribution < 1.29 is 27.5 Å². The fourth-order valence-electron chi connectivity index (χ4n) is 2.97. The van der Waals surface area contributed by atoms with E-state index < -0.39 is 17.8 Å². The second kappa shape index (κ2) is 6.90. The quantitative estimate of drug-likeness (QED) is 0.716. The molecular formula is C18H14F3N3O3. The molecule has 0 aliphatic heterocycles. The van der Waals surface area contributed by atoms with Crippen LogP contribution in [0.2, 0.25) is 0 Å². The molecule has 2 aromatic heterocycles. The van der Waals surface area contributed by atoms with E-state index in [0.717, 1.165) is 6.07 Å².